The van der Waals surface area contributed by atoms with Crippen LogP contribution in [0, 0.1) is 0 Å². The highest BCUT2D eigenvalue weighted by Gasteiger charge is 2.02. The number of methoxy groups -OCH3 is 1. The van der Waals surface area contributed by atoms with Crippen molar-refractivity contribution in [1.29, 1.82) is 0 Å². The molecule has 0 spiro atoms. The average Bonchev–Trinajstić information content (AvgIpc) is 2.26. The zero-order chi connectivity index (χ0) is 11.1. The van der Waals surface area contributed by atoms with Crippen LogP contribution in [0.3, 0.4) is 0 Å². The SMILES string of the molecule is CCNCCOc1ccc(OC)cc1Br. The standard InChI is InChI=1S/C11H16BrNO2/c1-3-13-6-7-15-11-5-4-9(14-2)8-10(11)12/h4-5,8,13H,3,6-7H2,1-2H3. The van der Waals surface area contributed by atoms with Crippen molar-refractivity contribution < 1.29 is 9.47 Å². The molecule has 0 aliphatic carbocycles. The van der Waals surface area contributed by atoms with Crippen molar-refractivity contribution in [3.05, 3.63) is 22.7 Å². The summed E-state index contributed by atoms with van der Waals surface area (Å²) in [5.74, 6) is 1.66. The summed E-state index contributed by atoms with van der Waals surface area (Å²) in [4.78, 5) is 0. The van der Waals surface area contributed by atoms with E-state index in [0.717, 1.165) is 29.1 Å². The van der Waals surface area contributed by atoms with Gasteiger partial charge in [0.05, 0.1) is 11.6 Å². The summed E-state index contributed by atoms with van der Waals surface area (Å²) in [7, 11) is 1.65. The van der Waals surface area contributed by atoms with Gasteiger partial charge in [-0.2, -0.15) is 0 Å². The van der Waals surface area contributed by atoms with Crippen molar-refractivity contribution in [3.63, 3.8) is 0 Å². The molecule has 1 aromatic carbocycles. The van der Waals surface area contributed by atoms with Gasteiger partial charge in [-0.3, -0.25) is 0 Å². The Bertz CT molecular complexity index is 305. The van der Waals surface area contributed by atoms with Crippen LogP contribution in [0.4, 0.5) is 0 Å². The van der Waals surface area contributed by atoms with Crippen LogP contribution in [0.1, 0.15) is 6.92 Å². The molecule has 0 saturated carbocycles. The van der Waals surface area contributed by atoms with Crippen molar-refractivity contribution >= 4 is 15.9 Å². The Labute approximate surface area is 98.9 Å². The van der Waals surface area contributed by atoms with E-state index in [4.69, 9.17) is 9.47 Å². The summed E-state index contributed by atoms with van der Waals surface area (Å²) < 4.78 is 11.6. The molecular formula is C11H16BrNO2. The molecule has 1 rings (SSSR count). The van der Waals surface area contributed by atoms with Gasteiger partial charge in [-0.15, -0.1) is 0 Å². The monoisotopic (exact) mass is 273 g/mol. The molecule has 15 heavy (non-hydrogen) atoms. The Hall–Kier alpha value is -0.740. The highest BCUT2D eigenvalue weighted by atomic mass is 79.9. The molecule has 0 atom stereocenters. The third-order valence-corrected chi connectivity index (χ3v) is 2.55. The number of ether oxygens (including phenoxy) is 2. The van der Waals surface area contributed by atoms with Crippen LogP contribution in [0.25, 0.3) is 0 Å². The molecule has 0 radical (unpaired) electrons. The predicted octanol–water partition coefficient (Wildman–Crippen LogP) is 2.45. The molecule has 0 unspecified atom stereocenters. The normalized spacial score (nSPS) is 10.1. The Morgan fingerprint density at radius 2 is 2.20 bits per heavy atom. The molecule has 0 aliphatic rings. The maximum absolute atomic E-state index is 5.57. The second-order valence-electron chi connectivity index (χ2n) is 3.00. The van der Waals surface area contributed by atoms with Gasteiger partial charge in [0.25, 0.3) is 0 Å². The second-order valence-corrected chi connectivity index (χ2v) is 3.85. The number of halogens is 1. The third-order valence-electron chi connectivity index (χ3n) is 1.93. The fourth-order valence-corrected chi connectivity index (χ4v) is 1.61. The lowest BCUT2D eigenvalue weighted by molar-refractivity contribution is 0.312. The molecule has 0 aliphatic heterocycles. The largest absolute Gasteiger partial charge is 0.497 e. The van der Waals surface area contributed by atoms with E-state index in [1.54, 1.807) is 7.11 Å². The van der Waals surface area contributed by atoms with Gasteiger partial charge >= 0.3 is 0 Å². The topological polar surface area (TPSA) is 30.5 Å². The van der Waals surface area contributed by atoms with Crippen LogP contribution >= 0.6 is 15.9 Å². The van der Waals surface area contributed by atoms with Crippen molar-refractivity contribution in [2.45, 2.75) is 6.92 Å². The molecule has 84 valence electrons. The first-order chi connectivity index (χ1) is 7.27. The molecule has 0 bridgehead atoms. The number of benzene rings is 1. The Morgan fingerprint density at radius 1 is 1.40 bits per heavy atom. The quantitative estimate of drug-likeness (QED) is 0.808. The minimum atomic E-state index is 0.665. The van der Waals surface area contributed by atoms with Crippen LogP contribution in [-0.4, -0.2) is 26.8 Å². The highest BCUT2D eigenvalue weighted by Crippen LogP contribution is 2.28. The van der Waals surface area contributed by atoms with Crippen LogP contribution in [0.15, 0.2) is 22.7 Å². The molecule has 4 heteroatoms. The fourth-order valence-electron chi connectivity index (χ4n) is 1.14. The fraction of sp³-hybridized carbons (Fsp3) is 0.455. The van der Waals surface area contributed by atoms with E-state index in [-0.39, 0.29) is 0 Å². The minimum absolute atomic E-state index is 0.665. The first-order valence-electron chi connectivity index (χ1n) is 4.95. The summed E-state index contributed by atoms with van der Waals surface area (Å²) in [6, 6.07) is 5.67. The molecule has 3 nitrogen and oxygen atoms in total. The van der Waals surface area contributed by atoms with Gasteiger partial charge in [-0.25, -0.2) is 0 Å². The summed E-state index contributed by atoms with van der Waals surface area (Å²) in [5.41, 5.74) is 0. The van der Waals surface area contributed by atoms with E-state index in [1.807, 2.05) is 18.2 Å². The van der Waals surface area contributed by atoms with Crippen molar-refractivity contribution in [1.82, 2.24) is 5.32 Å². The molecule has 0 saturated heterocycles. The minimum Gasteiger partial charge on any atom is -0.497 e. The first kappa shape index (κ1) is 12.3. The van der Waals surface area contributed by atoms with Gasteiger partial charge < -0.3 is 14.8 Å². The third kappa shape index (κ3) is 4.10. The highest BCUT2D eigenvalue weighted by molar-refractivity contribution is 9.10. The maximum atomic E-state index is 5.57. The summed E-state index contributed by atoms with van der Waals surface area (Å²) in [5, 5.41) is 3.20. The van der Waals surface area contributed by atoms with Crippen LogP contribution in [0.5, 0.6) is 11.5 Å². The van der Waals surface area contributed by atoms with Gasteiger partial charge in [0, 0.05) is 6.54 Å². The average molecular weight is 274 g/mol. The first-order valence-corrected chi connectivity index (χ1v) is 5.74. The van der Waals surface area contributed by atoms with Crippen molar-refractivity contribution in [2.75, 3.05) is 26.8 Å². The van der Waals surface area contributed by atoms with Gasteiger partial charge in [0.1, 0.15) is 18.1 Å². The van der Waals surface area contributed by atoms with Gasteiger partial charge in [0.2, 0.25) is 0 Å². The molecule has 0 heterocycles. The Balaban J connectivity index is 2.47. The second kappa shape index (κ2) is 6.69. The van der Waals surface area contributed by atoms with Crippen LogP contribution < -0.4 is 14.8 Å². The van der Waals surface area contributed by atoms with Crippen molar-refractivity contribution in [3.8, 4) is 11.5 Å². The Morgan fingerprint density at radius 3 is 2.80 bits per heavy atom. The summed E-state index contributed by atoms with van der Waals surface area (Å²) in [6.45, 7) is 4.56. The molecule has 0 fully saturated rings. The summed E-state index contributed by atoms with van der Waals surface area (Å²) >= 11 is 3.43. The van der Waals surface area contributed by atoms with E-state index in [9.17, 15) is 0 Å². The molecule has 0 aromatic heterocycles. The number of hydrogen-bond acceptors (Lipinski definition) is 3. The smallest absolute Gasteiger partial charge is 0.133 e. The lowest BCUT2D eigenvalue weighted by atomic mass is 10.3. The molecule has 1 N–H and O–H groups in total. The van der Waals surface area contributed by atoms with Crippen LogP contribution in [0.2, 0.25) is 0 Å². The summed E-state index contributed by atoms with van der Waals surface area (Å²) in [6.07, 6.45) is 0. The number of nitrogens with one attached hydrogen (secondary N) is 1. The van der Waals surface area contributed by atoms with E-state index in [2.05, 4.69) is 28.2 Å². The van der Waals surface area contributed by atoms with E-state index in [0.29, 0.717) is 6.61 Å². The van der Waals surface area contributed by atoms with E-state index >= 15 is 0 Å². The lowest BCUT2D eigenvalue weighted by Crippen LogP contribution is -2.20. The van der Waals surface area contributed by atoms with Gasteiger partial charge in [-0.1, -0.05) is 6.92 Å². The number of rotatable bonds is 6. The zero-order valence-corrected chi connectivity index (χ0v) is 10.6. The molecule has 0 amide bonds. The molecule has 1 aromatic rings. The lowest BCUT2D eigenvalue weighted by Gasteiger charge is -2.09. The van der Waals surface area contributed by atoms with Crippen molar-refractivity contribution in [2.24, 2.45) is 0 Å². The van der Waals surface area contributed by atoms with Gasteiger partial charge in [0.15, 0.2) is 0 Å². The van der Waals surface area contributed by atoms with Gasteiger partial charge in [-0.05, 0) is 40.7 Å². The van der Waals surface area contributed by atoms with Crippen LogP contribution in [-0.2, 0) is 0 Å². The number of likely N-dealkylation sites (N-methyl/N-ethyl adjacent to an activating group) is 1. The Kier molecular flexibility index (Phi) is 5.50. The maximum Gasteiger partial charge on any atom is 0.133 e. The molecular weight excluding hydrogens is 258 g/mol. The zero-order valence-electron chi connectivity index (χ0n) is 9.05. The predicted molar refractivity (Wildman–Crippen MR) is 64.7 cm³/mol. The van der Waals surface area contributed by atoms with E-state index in [1.165, 1.54) is 0 Å². The van der Waals surface area contributed by atoms with E-state index < -0.39 is 0 Å². The number of hydrogen-bond donors (Lipinski definition) is 1.